The summed E-state index contributed by atoms with van der Waals surface area (Å²) in [5.41, 5.74) is 2.01. The van der Waals surface area contributed by atoms with E-state index in [1.165, 1.54) is 193 Å². The first kappa shape index (κ1) is 35.4. The van der Waals surface area contributed by atoms with Crippen LogP contribution in [0.1, 0.15) is 206 Å². The van der Waals surface area contributed by atoms with Gasteiger partial charge in [-0.25, -0.2) is 0 Å². The first-order valence-corrected chi connectivity index (χ1v) is 20.6. The van der Waals surface area contributed by atoms with E-state index in [9.17, 15) is 0 Å². The lowest BCUT2D eigenvalue weighted by Gasteiger charge is -2.33. The minimum absolute atomic E-state index is 0.119. The van der Waals surface area contributed by atoms with Gasteiger partial charge in [-0.3, -0.25) is 0 Å². The van der Waals surface area contributed by atoms with E-state index in [1.807, 2.05) is 5.57 Å². The Morgan fingerprint density at radius 1 is 0.436 bits per heavy atom. The van der Waals surface area contributed by atoms with Gasteiger partial charge in [0.2, 0.25) is 0 Å². The Bertz CT molecular complexity index is 495. The van der Waals surface area contributed by atoms with Gasteiger partial charge in [-0.15, -0.1) is 0 Å². The van der Waals surface area contributed by atoms with E-state index in [0.717, 1.165) is 11.8 Å². The second-order valence-corrected chi connectivity index (χ2v) is 16.0. The fraction of sp³-hybridized carbons (Fsp3) is 0.947. The Kier molecular flexibility index (Phi) is 23.4. The smallest absolute Gasteiger partial charge is 0.0197 e. The number of allylic oxidation sites excluding steroid dienone is 1. The van der Waals surface area contributed by atoms with Crippen LogP contribution in [-0.2, 0) is 0 Å². The molecule has 2 rings (SSSR count). The molecule has 0 N–H and O–H groups in total. The molecule has 2 aliphatic rings. The number of rotatable bonds is 25. The zero-order chi connectivity index (χ0) is 27.6. The molecule has 0 amide bonds. The van der Waals surface area contributed by atoms with Gasteiger partial charge in [0.1, 0.15) is 0 Å². The molecule has 0 aromatic carbocycles. The van der Waals surface area contributed by atoms with Crippen LogP contribution in [0.15, 0.2) is 11.4 Å². The Labute approximate surface area is 249 Å². The van der Waals surface area contributed by atoms with Gasteiger partial charge in [0, 0.05) is 0 Å². The van der Waals surface area contributed by atoms with Crippen molar-refractivity contribution < 1.29 is 0 Å². The van der Waals surface area contributed by atoms with E-state index in [-0.39, 0.29) is 7.92 Å². The van der Waals surface area contributed by atoms with Gasteiger partial charge >= 0.3 is 0 Å². The van der Waals surface area contributed by atoms with Crippen molar-refractivity contribution in [2.24, 2.45) is 11.8 Å². The van der Waals surface area contributed by atoms with E-state index in [1.54, 1.807) is 12.3 Å². The number of hydrogen-bond donors (Lipinski definition) is 0. The quantitative estimate of drug-likeness (QED) is 0.0769. The normalized spacial score (nSPS) is 17.2. The van der Waals surface area contributed by atoms with Crippen LogP contribution < -0.4 is 0 Å². The summed E-state index contributed by atoms with van der Waals surface area (Å²) in [6.45, 7) is 4.65. The molecule has 2 fully saturated rings. The molecule has 0 aromatic heterocycles. The zero-order valence-electron chi connectivity index (χ0n) is 27.3. The molecule has 0 bridgehead atoms. The molecule has 39 heavy (non-hydrogen) atoms. The summed E-state index contributed by atoms with van der Waals surface area (Å²) in [7, 11) is 0.119. The first-order chi connectivity index (χ1) is 19.3. The summed E-state index contributed by atoms with van der Waals surface area (Å²) < 4.78 is 0. The van der Waals surface area contributed by atoms with E-state index < -0.39 is 0 Å². The molecule has 0 spiro atoms. The SMILES string of the molecule is CCCCCCCCCCCCP(C=C(C1CCCCC1)C1CCCCC1)CCCCCCCCCCCC. The highest BCUT2D eigenvalue weighted by atomic mass is 31.1. The molecule has 2 saturated carbocycles. The van der Waals surface area contributed by atoms with Gasteiger partial charge in [-0.1, -0.05) is 187 Å². The van der Waals surface area contributed by atoms with Crippen LogP contribution in [0, 0.1) is 11.8 Å². The molecule has 1 heteroatoms. The highest BCUT2D eigenvalue weighted by Gasteiger charge is 2.26. The molecule has 230 valence electrons. The lowest BCUT2D eigenvalue weighted by atomic mass is 9.74. The maximum atomic E-state index is 3.02. The third-order valence-electron chi connectivity index (χ3n) is 10.1. The summed E-state index contributed by atoms with van der Waals surface area (Å²) >= 11 is 0. The fourth-order valence-corrected chi connectivity index (χ4v) is 10.1. The highest BCUT2D eigenvalue weighted by Crippen LogP contribution is 2.47. The highest BCUT2D eigenvalue weighted by molar-refractivity contribution is 7.60. The number of hydrogen-bond acceptors (Lipinski definition) is 0. The molecule has 0 aliphatic heterocycles. The van der Waals surface area contributed by atoms with Crippen LogP contribution in [0.3, 0.4) is 0 Å². The average molecular weight is 561 g/mol. The van der Waals surface area contributed by atoms with Crippen LogP contribution in [0.2, 0.25) is 0 Å². The Hall–Kier alpha value is 0.170. The Morgan fingerprint density at radius 2 is 0.744 bits per heavy atom. The number of unbranched alkanes of at least 4 members (excludes halogenated alkanes) is 18. The van der Waals surface area contributed by atoms with Crippen LogP contribution in [-0.4, -0.2) is 12.3 Å². The van der Waals surface area contributed by atoms with Crippen molar-refractivity contribution >= 4 is 7.92 Å². The zero-order valence-corrected chi connectivity index (χ0v) is 28.2. The van der Waals surface area contributed by atoms with Crippen molar-refractivity contribution in [2.75, 3.05) is 12.3 Å². The molecule has 0 unspecified atom stereocenters. The first-order valence-electron chi connectivity index (χ1n) is 18.8. The van der Waals surface area contributed by atoms with Crippen molar-refractivity contribution in [3.8, 4) is 0 Å². The minimum atomic E-state index is 0.119. The predicted molar refractivity (Wildman–Crippen MR) is 182 cm³/mol. The molecule has 0 aromatic rings. The lowest BCUT2D eigenvalue weighted by molar-refractivity contribution is 0.327. The average Bonchev–Trinajstić information content (AvgIpc) is 2.98. The van der Waals surface area contributed by atoms with Gasteiger partial charge in [0.25, 0.3) is 0 Å². The van der Waals surface area contributed by atoms with Crippen LogP contribution in [0.25, 0.3) is 0 Å². The van der Waals surface area contributed by atoms with Crippen molar-refractivity contribution in [1.82, 2.24) is 0 Å². The van der Waals surface area contributed by atoms with E-state index >= 15 is 0 Å². The van der Waals surface area contributed by atoms with Gasteiger partial charge in [-0.2, -0.15) is 0 Å². The maximum Gasteiger partial charge on any atom is -0.0197 e. The molecular weight excluding hydrogens is 487 g/mol. The Balaban J connectivity index is 1.79. The Morgan fingerprint density at radius 3 is 1.08 bits per heavy atom. The topological polar surface area (TPSA) is 0 Å². The van der Waals surface area contributed by atoms with Crippen molar-refractivity contribution in [3.63, 3.8) is 0 Å². The van der Waals surface area contributed by atoms with E-state index in [2.05, 4.69) is 19.7 Å². The second-order valence-electron chi connectivity index (χ2n) is 13.7. The van der Waals surface area contributed by atoms with Crippen molar-refractivity contribution in [2.45, 2.75) is 206 Å². The van der Waals surface area contributed by atoms with E-state index in [0.29, 0.717) is 0 Å². The molecule has 0 radical (unpaired) electrons. The minimum Gasteiger partial charge on any atom is -0.0833 e. The summed E-state index contributed by atoms with van der Waals surface area (Å²) in [6.07, 6.45) is 47.7. The molecule has 0 heterocycles. The third-order valence-corrected chi connectivity index (χ3v) is 12.5. The summed E-state index contributed by atoms with van der Waals surface area (Å²) in [5, 5.41) is 0. The summed E-state index contributed by atoms with van der Waals surface area (Å²) in [5.74, 6) is 4.95. The largest absolute Gasteiger partial charge is 0.0833 e. The lowest BCUT2D eigenvalue weighted by Crippen LogP contribution is -2.18. The molecule has 2 aliphatic carbocycles. The fourth-order valence-electron chi connectivity index (χ4n) is 7.47. The van der Waals surface area contributed by atoms with Crippen LogP contribution in [0.5, 0.6) is 0 Å². The second kappa shape index (κ2) is 25.8. The van der Waals surface area contributed by atoms with Crippen molar-refractivity contribution in [3.05, 3.63) is 11.4 Å². The summed E-state index contributed by atoms with van der Waals surface area (Å²) in [4.78, 5) is 0. The van der Waals surface area contributed by atoms with Gasteiger partial charge < -0.3 is 0 Å². The monoisotopic (exact) mass is 561 g/mol. The van der Waals surface area contributed by atoms with Gasteiger partial charge in [0.05, 0.1) is 0 Å². The molecule has 0 saturated heterocycles. The van der Waals surface area contributed by atoms with E-state index in [4.69, 9.17) is 0 Å². The molecular formula is C38H73P. The molecule has 0 atom stereocenters. The van der Waals surface area contributed by atoms with Crippen LogP contribution >= 0.6 is 7.92 Å². The maximum absolute atomic E-state index is 3.02. The molecule has 0 nitrogen and oxygen atoms in total. The third kappa shape index (κ3) is 18.3. The van der Waals surface area contributed by atoms with Gasteiger partial charge in [-0.05, 0) is 62.7 Å². The van der Waals surface area contributed by atoms with Crippen LogP contribution in [0.4, 0.5) is 0 Å². The van der Waals surface area contributed by atoms with Gasteiger partial charge in [0.15, 0.2) is 0 Å². The standard InChI is InChI=1S/C38H73P/c1-3-5-7-9-11-13-15-17-19-27-33-39(34-28-20-18-16-14-12-10-8-6-4-2)35-38(36-29-23-21-24-30-36)37-31-25-22-26-32-37/h35-37H,3-34H2,1-2H3. The van der Waals surface area contributed by atoms with Crippen molar-refractivity contribution in [1.29, 1.82) is 0 Å². The predicted octanol–water partition coefficient (Wildman–Crippen LogP) is 14.4. The summed E-state index contributed by atoms with van der Waals surface area (Å²) in [6, 6.07) is 0.